The first-order valence-corrected chi connectivity index (χ1v) is 9.32. The molecule has 4 rings (SSSR count). The first kappa shape index (κ1) is 15.8. The largest absolute Gasteiger partial charge is 0.366 e. The number of likely N-dealkylation sites (tertiary alicyclic amines) is 2. The topological polar surface area (TPSA) is 61.4 Å². The highest BCUT2D eigenvalue weighted by Gasteiger charge is 2.43. The third-order valence-corrected chi connectivity index (χ3v) is 5.90. The number of amides is 1. The molecule has 6 nitrogen and oxygen atoms in total. The summed E-state index contributed by atoms with van der Waals surface area (Å²) in [6.45, 7) is 4.61. The Hall–Kier alpha value is -1.69. The van der Waals surface area contributed by atoms with Gasteiger partial charge in [-0.05, 0) is 43.9 Å². The fourth-order valence-electron chi connectivity index (χ4n) is 4.66. The molecule has 0 spiro atoms. The molecule has 1 aromatic heterocycles. The first-order valence-electron chi connectivity index (χ1n) is 9.32. The average molecular weight is 329 g/mol. The molecule has 1 aliphatic carbocycles. The number of anilines is 1. The number of rotatable bonds is 4. The number of hydrogen-bond donors (Lipinski definition) is 1. The van der Waals surface area contributed by atoms with Crippen LogP contribution in [0.2, 0.25) is 0 Å². The molecule has 1 N–H and O–H groups in total. The van der Waals surface area contributed by atoms with Crippen molar-refractivity contribution in [2.75, 3.05) is 38.0 Å². The minimum atomic E-state index is 0.327. The zero-order valence-electron chi connectivity index (χ0n) is 14.2. The fraction of sp³-hybridized carbons (Fsp3) is 0.722. The van der Waals surface area contributed by atoms with Gasteiger partial charge in [-0.2, -0.15) is 0 Å². The molecular weight excluding hydrogens is 302 g/mol. The van der Waals surface area contributed by atoms with Crippen LogP contribution in [0.25, 0.3) is 0 Å². The van der Waals surface area contributed by atoms with Crippen LogP contribution < -0.4 is 5.32 Å². The van der Waals surface area contributed by atoms with Gasteiger partial charge in [-0.25, -0.2) is 4.98 Å². The summed E-state index contributed by atoms with van der Waals surface area (Å²) in [6.07, 6.45) is 11.3. The van der Waals surface area contributed by atoms with Crippen molar-refractivity contribution in [1.82, 2.24) is 19.8 Å². The predicted molar refractivity (Wildman–Crippen MR) is 92.5 cm³/mol. The lowest BCUT2D eigenvalue weighted by molar-refractivity contribution is -0.133. The standard InChI is InChI=1S/C18H27N5O/c24-18(23-8-2-1-3-9-23)13-22-11-14-4-5-16(15(14)12-22)21-17-10-19-6-7-20-17/h6-7,10,14-16H,1-5,8-9,11-13H2,(H,20,21)/t14-,15+,16-/m1/s1. The Morgan fingerprint density at radius 3 is 2.83 bits per heavy atom. The molecule has 3 atom stereocenters. The minimum Gasteiger partial charge on any atom is -0.366 e. The summed E-state index contributed by atoms with van der Waals surface area (Å²) >= 11 is 0. The van der Waals surface area contributed by atoms with E-state index in [1.54, 1.807) is 18.6 Å². The van der Waals surface area contributed by atoms with Crippen LogP contribution >= 0.6 is 0 Å². The quantitative estimate of drug-likeness (QED) is 0.909. The van der Waals surface area contributed by atoms with Gasteiger partial charge in [-0.15, -0.1) is 0 Å². The second-order valence-electron chi connectivity index (χ2n) is 7.48. The molecule has 1 amide bonds. The van der Waals surface area contributed by atoms with Gasteiger partial charge < -0.3 is 10.2 Å². The van der Waals surface area contributed by atoms with Crippen LogP contribution in [0, 0.1) is 11.8 Å². The monoisotopic (exact) mass is 329 g/mol. The van der Waals surface area contributed by atoms with Crippen LogP contribution in [-0.2, 0) is 4.79 Å². The highest BCUT2D eigenvalue weighted by atomic mass is 16.2. The Morgan fingerprint density at radius 1 is 1.17 bits per heavy atom. The molecule has 2 saturated heterocycles. The zero-order chi connectivity index (χ0) is 16.4. The number of carbonyl (C=O) groups is 1. The van der Waals surface area contributed by atoms with Gasteiger partial charge in [0.2, 0.25) is 5.91 Å². The summed E-state index contributed by atoms with van der Waals surface area (Å²) < 4.78 is 0. The van der Waals surface area contributed by atoms with Gasteiger partial charge in [-0.1, -0.05) is 0 Å². The van der Waals surface area contributed by atoms with E-state index in [1.807, 2.05) is 0 Å². The molecule has 3 fully saturated rings. The van der Waals surface area contributed by atoms with E-state index in [9.17, 15) is 4.79 Å². The third kappa shape index (κ3) is 3.38. The second kappa shape index (κ2) is 7.05. The van der Waals surface area contributed by atoms with Crippen molar-refractivity contribution in [2.45, 2.75) is 38.1 Å². The molecule has 6 heteroatoms. The minimum absolute atomic E-state index is 0.327. The number of nitrogens with one attached hydrogen (secondary N) is 1. The van der Waals surface area contributed by atoms with E-state index in [2.05, 4.69) is 25.1 Å². The number of piperidine rings is 1. The summed E-state index contributed by atoms with van der Waals surface area (Å²) in [5.74, 6) is 2.54. The fourth-order valence-corrected chi connectivity index (χ4v) is 4.66. The normalized spacial score (nSPS) is 30.3. The summed E-state index contributed by atoms with van der Waals surface area (Å²) in [4.78, 5) is 25.4. The van der Waals surface area contributed by atoms with Crippen molar-refractivity contribution < 1.29 is 4.79 Å². The SMILES string of the molecule is O=C(CN1C[C@H]2CC[C@@H](Nc3cnccn3)[C@H]2C1)N1CCCCC1. The average Bonchev–Trinajstić information content (AvgIpc) is 3.18. The molecule has 0 aromatic carbocycles. The molecule has 1 saturated carbocycles. The number of hydrogen-bond acceptors (Lipinski definition) is 5. The Labute approximate surface area is 143 Å². The Bertz CT molecular complexity index is 560. The van der Waals surface area contributed by atoms with Gasteiger partial charge in [0.1, 0.15) is 5.82 Å². The highest BCUT2D eigenvalue weighted by Crippen LogP contribution is 2.39. The van der Waals surface area contributed by atoms with Crippen molar-refractivity contribution in [2.24, 2.45) is 11.8 Å². The maximum absolute atomic E-state index is 12.5. The summed E-state index contributed by atoms with van der Waals surface area (Å²) in [7, 11) is 0. The van der Waals surface area contributed by atoms with Gasteiger partial charge in [0, 0.05) is 44.6 Å². The number of carbonyl (C=O) groups excluding carboxylic acids is 1. The van der Waals surface area contributed by atoms with Crippen LogP contribution in [0.5, 0.6) is 0 Å². The van der Waals surface area contributed by atoms with Gasteiger partial charge in [0.15, 0.2) is 0 Å². The van der Waals surface area contributed by atoms with E-state index < -0.39 is 0 Å². The molecule has 0 unspecified atom stereocenters. The molecule has 1 aromatic rings. The van der Waals surface area contributed by atoms with Gasteiger partial charge in [0.25, 0.3) is 0 Å². The lowest BCUT2D eigenvalue weighted by Gasteiger charge is -2.29. The number of fused-ring (bicyclic) bond motifs is 1. The maximum atomic E-state index is 12.5. The van der Waals surface area contributed by atoms with Crippen molar-refractivity contribution in [3.63, 3.8) is 0 Å². The van der Waals surface area contributed by atoms with Crippen molar-refractivity contribution in [3.05, 3.63) is 18.6 Å². The number of aromatic nitrogens is 2. The molecule has 0 bridgehead atoms. The second-order valence-corrected chi connectivity index (χ2v) is 7.48. The van der Waals surface area contributed by atoms with Gasteiger partial charge in [0.05, 0.1) is 12.7 Å². The summed E-state index contributed by atoms with van der Waals surface area (Å²) in [5, 5.41) is 3.55. The summed E-state index contributed by atoms with van der Waals surface area (Å²) in [6, 6.07) is 0.460. The van der Waals surface area contributed by atoms with Crippen molar-refractivity contribution in [1.29, 1.82) is 0 Å². The van der Waals surface area contributed by atoms with Gasteiger partial charge >= 0.3 is 0 Å². The molecule has 0 radical (unpaired) electrons. The molecule has 130 valence electrons. The molecule has 3 heterocycles. The van der Waals surface area contributed by atoms with Crippen LogP contribution in [-0.4, -0.2) is 64.4 Å². The molecule has 24 heavy (non-hydrogen) atoms. The smallest absolute Gasteiger partial charge is 0.236 e. The van der Waals surface area contributed by atoms with E-state index in [0.717, 1.165) is 32.0 Å². The zero-order valence-corrected chi connectivity index (χ0v) is 14.2. The van der Waals surface area contributed by atoms with Crippen molar-refractivity contribution >= 4 is 11.7 Å². The molecule has 3 aliphatic rings. The lowest BCUT2D eigenvalue weighted by Crippen LogP contribution is -2.42. The predicted octanol–water partition coefficient (Wildman–Crippen LogP) is 1.61. The van der Waals surface area contributed by atoms with Crippen LogP contribution in [0.15, 0.2) is 18.6 Å². The van der Waals surface area contributed by atoms with E-state index in [-0.39, 0.29) is 0 Å². The lowest BCUT2D eigenvalue weighted by atomic mass is 9.98. The molecular formula is C18H27N5O. The van der Waals surface area contributed by atoms with E-state index in [1.165, 1.54) is 32.1 Å². The number of nitrogens with zero attached hydrogens (tertiary/aromatic N) is 4. The van der Waals surface area contributed by atoms with E-state index in [0.29, 0.717) is 30.3 Å². The van der Waals surface area contributed by atoms with Crippen LogP contribution in [0.1, 0.15) is 32.1 Å². The Kier molecular flexibility index (Phi) is 4.65. The van der Waals surface area contributed by atoms with Crippen molar-refractivity contribution in [3.8, 4) is 0 Å². The highest BCUT2D eigenvalue weighted by molar-refractivity contribution is 5.78. The Morgan fingerprint density at radius 2 is 2.04 bits per heavy atom. The van der Waals surface area contributed by atoms with Gasteiger partial charge in [-0.3, -0.25) is 14.7 Å². The maximum Gasteiger partial charge on any atom is 0.236 e. The van der Waals surface area contributed by atoms with Crippen LogP contribution in [0.3, 0.4) is 0 Å². The molecule has 2 aliphatic heterocycles. The van der Waals surface area contributed by atoms with Crippen LogP contribution in [0.4, 0.5) is 5.82 Å². The first-order chi connectivity index (χ1) is 11.8. The van der Waals surface area contributed by atoms with E-state index in [4.69, 9.17) is 0 Å². The van der Waals surface area contributed by atoms with E-state index >= 15 is 0 Å². The Balaban J connectivity index is 1.31. The summed E-state index contributed by atoms with van der Waals surface area (Å²) in [5.41, 5.74) is 0. The third-order valence-electron chi connectivity index (χ3n) is 5.90.